The van der Waals surface area contributed by atoms with Crippen LogP contribution >= 0.6 is 0 Å². The van der Waals surface area contributed by atoms with Crippen molar-refractivity contribution in [2.75, 3.05) is 13.1 Å². The first-order chi connectivity index (χ1) is 13.3. The van der Waals surface area contributed by atoms with Gasteiger partial charge in [-0.25, -0.2) is 0 Å². The van der Waals surface area contributed by atoms with Crippen LogP contribution in [0, 0.1) is 0 Å². The molecule has 0 saturated carbocycles. The van der Waals surface area contributed by atoms with Crippen LogP contribution in [0.2, 0.25) is 0 Å². The average molecular weight is 358 g/mol. The first-order valence-corrected chi connectivity index (χ1v) is 9.75. The number of aliphatic hydroxyl groups excluding tert-OH is 1. The zero-order valence-corrected chi connectivity index (χ0v) is 15.6. The number of likely N-dealkylation sites (tertiary alicyclic amines) is 1. The Balaban J connectivity index is 1.49. The average Bonchev–Trinajstić information content (AvgIpc) is 2.75. The summed E-state index contributed by atoms with van der Waals surface area (Å²) < 4.78 is 0. The van der Waals surface area contributed by atoms with Gasteiger partial charge in [-0.2, -0.15) is 0 Å². The molecule has 3 aromatic rings. The number of hydrogen-bond acceptors (Lipinski definition) is 3. The number of aromatic nitrogens is 1. The number of hydrogen-bond donors (Lipinski definition) is 1. The molecule has 1 saturated heterocycles. The van der Waals surface area contributed by atoms with E-state index in [1.54, 1.807) is 0 Å². The summed E-state index contributed by atoms with van der Waals surface area (Å²) in [7, 11) is 0. The summed E-state index contributed by atoms with van der Waals surface area (Å²) in [6, 6.07) is 25.1. The second kappa shape index (κ2) is 8.47. The van der Waals surface area contributed by atoms with Crippen molar-refractivity contribution >= 4 is 0 Å². The highest BCUT2D eigenvalue weighted by atomic mass is 16.3. The fraction of sp³-hybridized carbons (Fsp3) is 0.292. The minimum absolute atomic E-state index is 0.0765. The monoisotopic (exact) mass is 358 g/mol. The predicted octanol–water partition coefficient (Wildman–Crippen LogP) is 4.62. The molecule has 0 aliphatic carbocycles. The lowest BCUT2D eigenvalue weighted by molar-refractivity contribution is 0.198. The molecule has 27 heavy (non-hydrogen) atoms. The van der Waals surface area contributed by atoms with Crippen molar-refractivity contribution in [3.63, 3.8) is 0 Å². The van der Waals surface area contributed by atoms with E-state index >= 15 is 0 Å². The molecule has 1 aliphatic heterocycles. The van der Waals surface area contributed by atoms with E-state index in [1.807, 2.05) is 24.3 Å². The Morgan fingerprint density at radius 2 is 1.70 bits per heavy atom. The van der Waals surface area contributed by atoms with Crippen LogP contribution in [0.5, 0.6) is 0 Å². The lowest BCUT2D eigenvalue weighted by atomic mass is 9.93. The summed E-state index contributed by atoms with van der Waals surface area (Å²) in [5.41, 5.74) is 5.61. The molecule has 1 unspecified atom stereocenters. The zero-order chi connectivity index (χ0) is 18.5. The van der Waals surface area contributed by atoms with Crippen LogP contribution in [0.4, 0.5) is 0 Å². The summed E-state index contributed by atoms with van der Waals surface area (Å²) in [5.74, 6) is 0.485. The number of rotatable bonds is 5. The smallest absolute Gasteiger partial charge is 0.0705 e. The van der Waals surface area contributed by atoms with E-state index in [2.05, 4.69) is 53.4 Å². The first kappa shape index (κ1) is 17.9. The maximum absolute atomic E-state index is 9.22. The van der Waals surface area contributed by atoms with Gasteiger partial charge in [0.2, 0.25) is 0 Å². The van der Waals surface area contributed by atoms with Gasteiger partial charge in [-0.15, -0.1) is 0 Å². The molecule has 4 rings (SSSR count). The third kappa shape index (κ3) is 4.44. The van der Waals surface area contributed by atoms with Crippen LogP contribution in [0.15, 0.2) is 72.8 Å². The van der Waals surface area contributed by atoms with Crippen LogP contribution in [-0.2, 0) is 13.2 Å². The standard InChI is InChI=1S/C24H26N2O/c27-18-20-11-13-21(14-12-20)23-9-4-10-24(25-23)22-8-5-15-26(17-22)16-19-6-2-1-3-7-19/h1-4,6-7,9-14,22,27H,5,8,15-18H2. The first-order valence-electron chi connectivity index (χ1n) is 9.75. The van der Waals surface area contributed by atoms with Crippen LogP contribution < -0.4 is 0 Å². The molecular weight excluding hydrogens is 332 g/mol. The van der Waals surface area contributed by atoms with Gasteiger partial charge in [0.25, 0.3) is 0 Å². The molecule has 1 aromatic heterocycles. The van der Waals surface area contributed by atoms with Gasteiger partial charge in [-0.1, -0.05) is 60.7 Å². The Morgan fingerprint density at radius 1 is 0.889 bits per heavy atom. The molecule has 0 bridgehead atoms. The quantitative estimate of drug-likeness (QED) is 0.723. The molecule has 2 aromatic carbocycles. The molecule has 0 spiro atoms. The molecule has 3 nitrogen and oxygen atoms in total. The van der Waals surface area contributed by atoms with Crippen LogP contribution in [0.25, 0.3) is 11.3 Å². The van der Waals surface area contributed by atoms with E-state index in [-0.39, 0.29) is 6.61 Å². The molecular formula is C24H26N2O. The molecule has 138 valence electrons. The van der Waals surface area contributed by atoms with Crippen molar-refractivity contribution < 1.29 is 5.11 Å². The summed E-state index contributed by atoms with van der Waals surface area (Å²) >= 11 is 0. The van der Waals surface area contributed by atoms with E-state index in [0.717, 1.165) is 36.5 Å². The minimum Gasteiger partial charge on any atom is -0.392 e. The van der Waals surface area contributed by atoms with E-state index in [9.17, 15) is 5.11 Å². The van der Waals surface area contributed by atoms with Gasteiger partial charge in [-0.05, 0) is 42.6 Å². The summed E-state index contributed by atoms with van der Waals surface area (Å²) in [6.07, 6.45) is 2.42. The Kier molecular flexibility index (Phi) is 5.61. The third-order valence-corrected chi connectivity index (χ3v) is 5.38. The number of piperidine rings is 1. The van der Waals surface area contributed by atoms with Gasteiger partial charge in [-0.3, -0.25) is 9.88 Å². The third-order valence-electron chi connectivity index (χ3n) is 5.38. The van der Waals surface area contributed by atoms with Crippen molar-refractivity contribution in [1.82, 2.24) is 9.88 Å². The highest BCUT2D eigenvalue weighted by Crippen LogP contribution is 2.28. The van der Waals surface area contributed by atoms with Crippen LogP contribution in [-0.4, -0.2) is 28.1 Å². The van der Waals surface area contributed by atoms with Gasteiger partial charge >= 0.3 is 0 Å². The number of aliphatic hydroxyl groups is 1. The topological polar surface area (TPSA) is 36.4 Å². The Hall–Kier alpha value is -2.49. The highest BCUT2D eigenvalue weighted by molar-refractivity contribution is 5.59. The van der Waals surface area contributed by atoms with E-state index < -0.39 is 0 Å². The molecule has 0 amide bonds. The van der Waals surface area contributed by atoms with Gasteiger partial charge in [0, 0.05) is 30.3 Å². The van der Waals surface area contributed by atoms with Crippen molar-refractivity contribution in [1.29, 1.82) is 0 Å². The maximum Gasteiger partial charge on any atom is 0.0705 e. The Bertz CT molecular complexity index is 861. The van der Waals surface area contributed by atoms with E-state index in [1.165, 1.54) is 24.1 Å². The predicted molar refractivity (Wildman–Crippen MR) is 109 cm³/mol. The van der Waals surface area contributed by atoms with Crippen molar-refractivity contribution in [3.05, 3.63) is 89.6 Å². The summed E-state index contributed by atoms with van der Waals surface area (Å²) in [6.45, 7) is 3.31. The fourth-order valence-electron chi connectivity index (χ4n) is 3.90. The van der Waals surface area contributed by atoms with Crippen LogP contribution in [0.3, 0.4) is 0 Å². The fourth-order valence-corrected chi connectivity index (χ4v) is 3.90. The number of pyridine rings is 1. The normalized spacial score (nSPS) is 17.7. The number of nitrogens with zero attached hydrogens (tertiary/aromatic N) is 2. The largest absolute Gasteiger partial charge is 0.392 e. The van der Waals surface area contributed by atoms with Gasteiger partial charge < -0.3 is 5.11 Å². The van der Waals surface area contributed by atoms with Gasteiger partial charge in [0.05, 0.1) is 12.3 Å². The summed E-state index contributed by atoms with van der Waals surface area (Å²) in [5, 5.41) is 9.22. The summed E-state index contributed by atoms with van der Waals surface area (Å²) in [4.78, 5) is 7.52. The molecule has 1 aliphatic rings. The zero-order valence-electron chi connectivity index (χ0n) is 15.6. The Labute approximate surface area is 161 Å². The Morgan fingerprint density at radius 3 is 2.48 bits per heavy atom. The van der Waals surface area contributed by atoms with Crippen molar-refractivity contribution in [2.45, 2.75) is 31.9 Å². The molecule has 1 fully saturated rings. The second-order valence-corrected chi connectivity index (χ2v) is 7.36. The number of benzene rings is 2. The van der Waals surface area contributed by atoms with Gasteiger partial charge in [0.15, 0.2) is 0 Å². The molecule has 1 N–H and O–H groups in total. The lowest BCUT2D eigenvalue weighted by Gasteiger charge is -2.32. The van der Waals surface area contributed by atoms with Crippen LogP contribution in [0.1, 0.15) is 35.6 Å². The van der Waals surface area contributed by atoms with Gasteiger partial charge in [0.1, 0.15) is 0 Å². The maximum atomic E-state index is 9.22. The minimum atomic E-state index is 0.0765. The van der Waals surface area contributed by atoms with E-state index in [0.29, 0.717) is 5.92 Å². The lowest BCUT2D eigenvalue weighted by Crippen LogP contribution is -2.34. The molecule has 3 heteroatoms. The highest BCUT2D eigenvalue weighted by Gasteiger charge is 2.22. The van der Waals surface area contributed by atoms with Crippen molar-refractivity contribution in [3.8, 4) is 11.3 Å². The second-order valence-electron chi connectivity index (χ2n) is 7.36. The molecule has 0 radical (unpaired) electrons. The SMILES string of the molecule is OCc1ccc(-c2cccc(C3CCCN(Cc4ccccc4)C3)n2)cc1. The molecule has 2 heterocycles. The van der Waals surface area contributed by atoms with E-state index in [4.69, 9.17) is 4.98 Å². The molecule has 1 atom stereocenters. The van der Waals surface area contributed by atoms with Crippen molar-refractivity contribution in [2.24, 2.45) is 0 Å².